The van der Waals surface area contributed by atoms with Crippen LogP contribution in [0.4, 0.5) is 0 Å². The van der Waals surface area contributed by atoms with Crippen molar-refractivity contribution < 1.29 is 18.2 Å². The molecular weight excluding hydrogens is 300 g/mol. The summed E-state index contributed by atoms with van der Waals surface area (Å²) in [5, 5.41) is 0.841. The molecule has 0 radical (unpaired) electrons. The molecule has 3 aromatic rings. The molecule has 112 valence electrons. The second kappa shape index (κ2) is 5.77. The summed E-state index contributed by atoms with van der Waals surface area (Å²) in [5.74, 6) is -0.384. The molecule has 0 aliphatic carbocycles. The van der Waals surface area contributed by atoms with Gasteiger partial charge < -0.3 is 9.15 Å². The summed E-state index contributed by atoms with van der Waals surface area (Å²) >= 11 is 0. The van der Waals surface area contributed by atoms with Gasteiger partial charge in [-0.25, -0.2) is 4.79 Å². The van der Waals surface area contributed by atoms with E-state index in [4.69, 9.17) is 9.15 Å². The first kappa shape index (κ1) is 14.5. The van der Waals surface area contributed by atoms with Gasteiger partial charge in [-0.15, -0.1) is 0 Å². The van der Waals surface area contributed by atoms with Crippen molar-refractivity contribution in [2.45, 2.75) is 4.90 Å². The van der Waals surface area contributed by atoms with Crippen LogP contribution in [0.1, 0.15) is 10.4 Å². The highest BCUT2D eigenvalue weighted by Crippen LogP contribution is 2.31. The lowest BCUT2D eigenvalue weighted by Crippen LogP contribution is -2.00. The number of carbonyl (C=O) groups is 1. The van der Waals surface area contributed by atoms with Crippen molar-refractivity contribution in [1.29, 1.82) is 0 Å². The van der Waals surface area contributed by atoms with Crippen molar-refractivity contribution in [1.82, 2.24) is 0 Å². The number of ether oxygens (including phenoxy) is 1. The van der Waals surface area contributed by atoms with Crippen LogP contribution in [-0.2, 0) is 15.5 Å². The zero-order chi connectivity index (χ0) is 15.7. The zero-order valence-electron chi connectivity index (χ0n) is 12.2. The Morgan fingerprint density at radius 1 is 1.14 bits per heavy atom. The highest BCUT2D eigenvalue weighted by molar-refractivity contribution is 7.84. The normalized spacial score (nSPS) is 12.3. The average Bonchev–Trinajstić information content (AvgIpc) is 2.97. The number of furan rings is 1. The molecule has 3 rings (SSSR count). The van der Waals surface area contributed by atoms with Crippen LogP contribution in [0, 0.1) is 0 Å². The first-order chi connectivity index (χ1) is 10.6. The minimum atomic E-state index is -1.01. The van der Waals surface area contributed by atoms with E-state index in [0.29, 0.717) is 11.1 Å². The molecule has 1 unspecified atom stereocenters. The highest BCUT2D eigenvalue weighted by atomic mass is 32.2. The van der Waals surface area contributed by atoms with Crippen LogP contribution in [-0.4, -0.2) is 23.5 Å². The molecule has 5 heteroatoms. The van der Waals surface area contributed by atoms with Crippen LogP contribution in [0.25, 0.3) is 22.1 Å². The van der Waals surface area contributed by atoms with Crippen LogP contribution in [0.5, 0.6) is 0 Å². The van der Waals surface area contributed by atoms with Gasteiger partial charge in [0.05, 0.1) is 18.9 Å². The first-order valence-corrected chi connectivity index (χ1v) is 8.19. The molecule has 1 aromatic heterocycles. The largest absolute Gasteiger partial charge is 0.465 e. The van der Waals surface area contributed by atoms with Gasteiger partial charge >= 0.3 is 5.97 Å². The lowest BCUT2D eigenvalue weighted by molar-refractivity contribution is 0.0601. The van der Waals surface area contributed by atoms with Crippen LogP contribution in [0.15, 0.2) is 58.0 Å². The Kier molecular flexibility index (Phi) is 3.81. The van der Waals surface area contributed by atoms with Crippen LogP contribution >= 0.6 is 0 Å². The fourth-order valence-corrected chi connectivity index (χ4v) is 2.84. The van der Waals surface area contributed by atoms with Gasteiger partial charge in [-0.2, -0.15) is 0 Å². The maximum atomic E-state index is 11.7. The Hall–Kier alpha value is -2.40. The molecule has 0 N–H and O–H groups in total. The summed E-state index contributed by atoms with van der Waals surface area (Å²) < 4.78 is 21.7. The van der Waals surface area contributed by atoms with E-state index < -0.39 is 10.8 Å². The van der Waals surface area contributed by atoms with Gasteiger partial charge in [0.2, 0.25) is 0 Å². The Morgan fingerprint density at radius 3 is 2.50 bits per heavy atom. The van der Waals surface area contributed by atoms with Gasteiger partial charge in [0.1, 0.15) is 5.58 Å². The van der Waals surface area contributed by atoms with Gasteiger partial charge in [0.25, 0.3) is 0 Å². The van der Waals surface area contributed by atoms with Gasteiger partial charge in [0.15, 0.2) is 0 Å². The quantitative estimate of drug-likeness (QED) is 0.693. The lowest BCUT2D eigenvalue weighted by Gasteiger charge is -2.02. The predicted octanol–water partition coefficient (Wildman–Crippen LogP) is 3.62. The molecule has 22 heavy (non-hydrogen) atoms. The standard InChI is InChI=1S/C17H14O4S/c1-20-17(18)12-5-8-16-14(9-12)15(10-21-16)11-3-6-13(7-4-11)22(2)19/h3-10H,1-2H3. The summed E-state index contributed by atoms with van der Waals surface area (Å²) in [5.41, 5.74) is 3.00. The maximum Gasteiger partial charge on any atom is 0.337 e. The molecule has 0 aliphatic heterocycles. The summed E-state index contributed by atoms with van der Waals surface area (Å²) in [7, 11) is 0.347. The summed E-state index contributed by atoms with van der Waals surface area (Å²) in [6, 6.07) is 12.6. The van der Waals surface area contributed by atoms with Crippen molar-refractivity contribution in [3.05, 3.63) is 54.3 Å². The topological polar surface area (TPSA) is 56.5 Å². The maximum absolute atomic E-state index is 11.7. The van der Waals surface area contributed by atoms with Crippen molar-refractivity contribution in [2.75, 3.05) is 13.4 Å². The Morgan fingerprint density at radius 2 is 1.86 bits per heavy atom. The van der Waals surface area contributed by atoms with Gasteiger partial charge in [-0.05, 0) is 35.9 Å². The van der Waals surface area contributed by atoms with Crippen LogP contribution in [0.3, 0.4) is 0 Å². The Balaban J connectivity index is 2.10. The molecule has 2 aromatic carbocycles. The zero-order valence-corrected chi connectivity index (χ0v) is 13.0. The molecule has 0 amide bonds. The first-order valence-electron chi connectivity index (χ1n) is 6.63. The molecule has 0 bridgehead atoms. The van der Waals surface area contributed by atoms with Crippen molar-refractivity contribution in [3.63, 3.8) is 0 Å². The van der Waals surface area contributed by atoms with E-state index in [2.05, 4.69) is 0 Å². The lowest BCUT2D eigenvalue weighted by atomic mass is 10.0. The van der Waals surface area contributed by atoms with Crippen molar-refractivity contribution >= 4 is 27.7 Å². The third kappa shape index (κ3) is 2.55. The number of esters is 1. The van der Waals surface area contributed by atoms with E-state index >= 15 is 0 Å². The number of hydrogen-bond acceptors (Lipinski definition) is 4. The summed E-state index contributed by atoms with van der Waals surface area (Å²) in [6.07, 6.45) is 3.30. The number of benzene rings is 2. The van der Waals surface area contributed by atoms with Crippen LogP contribution < -0.4 is 0 Å². The average molecular weight is 314 g/mol. The third-order valence-corrected chi connectivity index (χ3v) is 4.43. The summed E-state index contributed by atoms with van der Waals surface area (Å²) in [4.78, 5) is 12.4. The van der Waals surface area contributed by atoms with E-state index in [1.807, 2.05) is 24.3 Å². The van der Waals surface area contributed by atoms with Gasteiger partial charge in [-0.1, -0.05) is 12.1 Å². The van der Waals surface area contributed by atoms with Crippen molar-refractivity contribution in [2.24, 2.45) is 0 Å². The van der Waals surface area contributed by atoms with E-state index in [1.165, 1.54) is 7.11 Å². The van der Waals surface area contributed by atoms with E-state index in [1.54, 1.807) is 30.7 Å². The molecule has 0 saturated heterocycles. The SMILES string of the molecule is COC(=O)c1ccc2occ(-c3ccc(S(C)=O)cc3)c2c1. The van der Waals surface area contributed by atoms with Gasteiger partial charge in [0, 0.05) is 32.9 Å². The fourth-order valence-electron chi connectivity index (χ4n) is 2.32. The van der Waals surface area contributed by atoms with E-state index in [9.17, 15) is 9.00 Å². The number of carbonyl (C=O) groups excluding carboxylic acids is 1. The molecule has 0 saturated carbocycles. The fraction of sp³-hybridized carbons (Fsp3) is 0.118. The molecular formula is C17H14O4S. The predicted molar refractivity (Wildman–Crippen MR) is 85.3 cm³/mol. The highest BCUT2D eigenvalue weighted by Gasteiger charge is 2.12. The second-order valence-electron chi connectivity index (χ2n) is 4.83. The van der Waals surface area contributed by atoms with Crippen LogP contribution in [0.2, 0.25) is 0 Å². The van der Waals surface area contributed by atoms with E-state index in [0.717, 1.165) is 21.4 Å². The molecule has 1 atom stereocenters. The second-order valence-corrected chi connectivity index (χ2v) is 6.21. The molecule has 0 spiro atoms. The molecule has 1 heterocycles. The molecule has 4 nitrogen and oxygen atoms in total. The number of fused-ring (bicyclic) bond motifs is 1. The smallest absolute Gasteiger partial charge is 0.337 e. The third-order valence-electron chi connectivity index (χ3n) is 3.49. The number of rotatable bonds is 3. The number of hydrogen-bond donors (Lipinski definition) is 0. The minimum absolute atomic E-state index is 0.384. The monoisotopic (exact) mass is 314 g/mol. The Bertz CT molecular complexity index is 862. The van der Waals surface area contributed by atoms with Gasteiger partial charge in [-0.3, -0.25) is 4.21 Å². The van der Waals surface area contributed by atoms with Crippen molar-refractivity contribution in [3.8, 4) is 11.1 Å². The Labute approximate surface area is 130 Å². The molecule has 0 aliphatic rings. The number of methoxy groups -OCH3 is 1. The molecule has 0 fully saturated rings. The minimum Gasteiger partial charge on any atom is -0.465 e. The van der Waals surface area contributed by atoms with E-state index in [-0.39, 0.29) is 5.97 Å². The summed E-state index contributed by atoms with van der Waals surface area (Å²) in [6.45, 7) is 0.